The van der Waals surface area contributed by atoms with Gasteiger partial charge in [0.2, 0.25) is 0 Å². The van der Waals surface area contributed by atoms with Crippen LogP contribution in [0.2, 0.25) is 0 Å². The standard InChI is InChI=1S/C11H19N3O2/c1-3-9(4-2)14-6-5-8(13-14)7-10(12)11(15)16/h5-6,9-10H,3-4,7,12H2,1-2H3,(H,15,16)/t10-/m0/s1. The molecular weight excluding hydrogens is 206 g/mol. The van der Waals surface area contributed by atoms with Crippen molar-refractivity contribution in [3.05, 3.63) is 18.0 Å². The van der Waals surface area contributed by atoms with Crippen LogP contribution in [-0.4, -0.2) is 26.9 Å². The Morgan fingerprint density at radius 1 is 1.56 bits per heavy atom. The lowest BCUT2D eigenvalue weighted by Crippen LogP contribution is -2.32. The van der Waals surface area contributed by atoms with E-state index >= 15 is 0 Å². The third-order valence-corrected chi connectivity index (χ3v) is 2.73. The van der Waals surface area contributed by atoms with Crippen molar-refractivity contribution in [2.24, 2.45) is 5.73 Å². The summed E-state index contributed by atoms with van der Waals surface area (Å²) in [4.78, 5) is 10.6. The molecule has 0 saturated carbocycles. The van der Waals surface area contributed by atoms with Crippen molar-refractivity contribution in [1.29, 1.82) is 0 Å². The summed E-state index contributed by atoms with van der Waals surface area (Å²) >= 11 is 0. The number of carboxylic acids is 1. The summed E-state index contributed by atoms with van der Waals surface area (Å²) in [5.74, 6) is -0.989. The second kappa shape index (κ2) is 5.65. The topological polar surface area (TPSA) is 81.1 Å². The first-order valence-corrected chi connectivity index (χ1v) is 5.60. The van der Waals surface area contributed by atoms with Crippen LogP contribution in [0, 0.1) is 0 Å². The Morgan fingerprint density at radius 2 is 2.19 bits per heavy atom. The van der Waals surface area contributed by atoms with Crippen LogP contribution in [-0.2, 0) is 11.2 Å². The van der Waals surface area contributed by atoms with Crippen molar-refractivity contribution < 1.29 is 9.90 Å². The molecule has 1 aromatic rings. The Kier molecular flexibility index (Phi) is 4.49. The molecule has 0 unspecified atom stereocenters. The van der Waals surface area contributed by atoms with Crippen LogP contribution in [0.4, 0.5) is 0 Å². The maximum Gasteiger partial charge on any atom is 0.320 e. The van der Waals surface area contributed by atoms with Gasteiger partial charge in [-0.1, -0.05) is 13.8 Å². The van der Waals surface area contributed by atoms with Gasteiger partial charge in [-0.05, 0) is 18.9 Å². The maximum atomic E-state index is 10.6. The van der Waals surface area contributed by atoms with E-state index in [1.807, 2.05) is 16.9 Å². The van der Waals surface area contributed by atoms with Crippen molar-refractivity contribution in [2.75, 3.05) is 0 Å². The van der Waals surface area contributed by atoms with Gasteiger partial charge in [-0.2, -0.15) is 5.10 Å². The van der Waals surface area contributed by atoms with Crippen LogP contribution >= 0.6 is 0 Å². The Morgan fingerprint density at radius 3 is 2.69 bits per heavy atom. The van der Waals surface area contributed by atoms with Gasteiger partial charge in [-0.15, -0.1) is 0 Å². The lowest BCUT2D eigenvalue weighted by molar-refractivity contribution is -0.138. The van der Waals surface area contributed by atoms with E-state index in [-0.39, 0.29) is 6.42 Å². The summed E-state index contributed by atoms with van der Waals surface area (Å²) < 4.78 is 1.89. The van der Waals surface area contributed by atoms with Gasteiger partial charge in [-0.3, -0.25) is 9.48 Å². The van der Waals surface area contributed by atoms with E-state index < -0.39 is 12.0 Å². The number of nitrogens with zero attached hydrogens (tertiary/aromatic N) is 2. The van der Waals surface area contributed by atoms with Crippen molar-refractivity contribution >= 4 is 5.97 Å². The van der Waals surface area contributed by atoms with E-state index in [1.54, 1.807) is 0 Å². The molecule has 5 heteroatoms. The van der Waals surface area contributed by atoms with Gasteiger partial charge in [-0.25, -0.2) is 0 Å². The zero-order valence-corrected chi connectivity index (χ0v) is 9.76. The molecule has 1 rings (SSSR count). The van der Waals surface area contributed by atoms with Crippen LogP contribution in [0.3, 0.4) is 0 Å². The van der Waals surface area contributed by atoms with Gasteiger partial charge < -0.3 is 10.8 Å². The summed E-state index contributed by atoms with van der Waals surface area (Å²) in [7, 11) is 0. The molecule has 0 amide bonds. The highest BCUT2D eigenvalue weighted by molar-refractivity contribution is 5.73. The molecule has 0 aliphatic carbocycles. The molecule has 0 bridgehead atoms. The van der Waals surface area contributed by atoms with Crippen LogP contribution < -0.4 is 5.73 Å². The summed E-state index contributed by atoms with van der Waals surface area (Å²) in [6, 6.07) is 1.35. The molecule has 0 aliphatic rings. The SMILES string of the molecule is CCC(CC)n1ccc(C[C@H](N)C(=O)O)n1. The molecular formula is C11H19N3O2. The molecule has 0 aliphatic heterocycles. The van der Waals surface area contributed by atoms with Crippen molar-refractivity contribution in [1.82, 2.24) is 9.78 Å². The van der Waals surface area contributed by atoms with E-state index in [2.05, 4.69) is 18.9 Å². The smallest absolute Gasteiger partial charge is 0.320 e. The molecule has 0 fully saturated rings. The highest BCUT2D eigenvalue weighted by Gasteiger charge is 2.15. The third-order valence-electron chi connectivity index (χ3n) is 2.73. The van der Waals surface area contributed by atoms with Gasteiger partial charge in [0.1, 0.15) is 6.04 Å². The van der Waals surface area contributed by atoms with Crippen molar-refractivity contribution in [3.8, 4) is 0 Å². The summed E-state index contributed by atoms with van der Waals surface area (Å²) in [6.07, 6.45) is 4.20. The Labute approximate surface area is 95.3 Å². The Hall–Kier alpha value is -1.36. The lowest BCUT2D eigenvalue weighted by Gasteiger charge is -2.12. The molecule has 0 radical (unpaired) electrons. The molecule has 1 heterocycles. The minimum atomic E-state index is -0.989. The molecule has 16 heavy (non-hydrogen) atoms. The number of aliphatic carboxylic acids is 1. The van der Waals surface area contributed by atoms with E-state index in [4.69, 9.17) is 10.8 Å². The first-order chi connectivity index (χ1) is 7.58. The number of nitrogens with two attached hydrogens (primary N) is 1. The fourth-order valence-electron chi connectivity index (χ4n) is 1.67. The zero-order valence-electron chi connectivity index (χ0n) is 9.76. The summed E-state index contributed by atoms with van der Waals surface area (Å²) in [5.41, 5.74) is 6.19. The van der Waals surface area contributed by atoms with Gasteiger partial charge in [0, 0.05) is 12.6 Å². The predicted octanol–water partition coefficient (Wildman–Crippen LogP) is 1.20. The van der Waals surface area contributed by atoms with E-state index in [0.29, 0.717) is 6.04 Å². The van der Waals surface area contributed by atoms with Gasteiger partial charge in [0.05, 0.1) is 11.7 Å². The second-order valence-electron chi connectivity index (χ2n) is 3.91. The average Bonchev–Trinajstić information content (AvgIpc) is 2.68. The molecule has 0 aromatic carbocycles. The normalized spacial score (nSPS) is 13.0. The van der Waals surface area contributed by atoms with Crippen molar-refractivity contribution in [2.45, 2.75) is 45.2 Å². The fourth-order valence-corrected chi connectivity index (χ4v) is 1.67. The number of carbonyl (C=O) groups is 1. The molecule has 0 spiro atoms. The zero-order chi connectivity index (χ0) is 12.1. The number of hydrogen-bond donors (Lipinski definition) is 2. The highest BCUT2D eigenvalue weighted by atomic mass is 16.4. The third kappa shape index (κ3) is 3.06. The Balaban J connectivity index is 2.67. The average molecular weight is 225 g/mol. The Bertz CT molecular complexity index is 345. The molecule has 90 valence electrons. The minimum absolute atomic E-state index is 0.280. The van der Waals surface area contributed by atoms with E-state index in [9.17, 15) is 4.79 Å². The first-order valence-electron chi connectivity index (χ1n) is 5.60. The fraction of sp³-hybridized carbons (Fsp3) is 0.636. The molecule has 5 nitrogen and oxygen atoms in total. The molecule has 1 atom stereocenters. The van der Waals surface area contributed by atoms with Crippen LogP contribution in [0.25, 0.3) is 0 Å². The van der Waals surface area contributed by atoms with Crippen molar-refractivity contribution in [3.63, 3.8) is 0 Å². The summed E-state index contributed by atoms with van der Waals surface area (Å²) in [5, 5.41) is 13.0. The largest absolute Gasteiger partial charge is 0.480 e. The minimum Gasteiger partial charge on any atom is -0.480 e. The second-order valence-corrected chi connectivity index (χ2v) is 3.91. The molecule has 3 N–H and O–H groups in total. The van der Waals surface area contributed by atoms with Gasteiger partial charge in [0.25, 0.3) is 0 Å². The maximum absolute atomic E-state index is 10.6. The summed E-state index contributed by atoms with van der Waals surface area (Å²) in [6.45, 7) is 4.22. The first kappa shape index (κ1) is 12.7. The molecule has 1 aromatic heterocycles. The monoisotopic (exact) mass is 225 g/mol. The number of carboxylic acid groups (broad SMARTS) is 1. The number of hydrogen-bond acceptors (Lipinski definition) is 3. The lowest BCUT2D eigenvalue weighted by atomic mass is 10.2. The molecule has 0 saturated heterocycles. The van der Waals surface area contributed by atoms with E-state index in [1.165, 1.54) is 0 Å². The predicted molar refractivity (Wildman–Crippen MR) is 61.2 cm³/mol. The van der Waals surface area contributed by atoms with Crippen LogP contribution in [0.15, 0.2) is 12.3 Å². The van der Waals surface area contributed by atoms with Crippen LogP contribution in [0.5, 0.6) is 0 Å². The number of aromatic nitrogens is 2. The van der Waals surface area contributed by atoms with E-state index in [0.717, 1.165) is 18.5 Å². The van der Waals surface area contributed by atoms with Gasteiger partial charge in [0.15, 0.2) is 0 Å². The highest BCUT2D eigenvalue weighted by Crippen LogP contribution is 2.14. The van der Waals surface area contributed by atoms with Crippen LogP contribution in [0.1, 0.15) is 38.4 Å². The number of rotatable bonds is 6. The van der Waals surface area contributed by atoms with Gasteiger partial charge >= 0.3 is 5.97 Å². The quantitative estimate of drug-likeness (QED) is 0.762.